The Kier molecular flexibility index (Phi) is 4.29. The lowest BCUT2D eigenvalue weighted by Gasteiger charge is -2.07. The second-order valence-corrected chi connectivity index (χ2v) is 4.94. The molecule has 0 heterocycles. The fourth-order valence-corrected chi connectivity index (χ4v) is 1.70. The number of anilines is 1. The Hall–Kier alpha value is 0.01000. The summed E-state index contributed by atoms with van der Waals surface area (Å²) in [6.45, 7) is 4.39. The molecule has 0 saturated heterocycles. The zero-order valence-corrected chi connectivity index (χ0v) is 10.7. The minimum atomic E-state index is 0.668. The monoisotopic (exact) mass is 323 g/mol. The van der Waals surface area contributed by atoms with Crippen molar-refractivity contribution in [3.8, 4) is 0 Å². The quantitative estimate of drug-likeness (QED) is 0.867. The molecular formula is C9H8Br2ClN. The van der Waals surface area contributed by atoms with Crippen molar-refractivity contribution in [2.24, 2.45) is 0 Å². The molecule has 4 heteroatoms. The lowest BCUT2D eigenvalue weighted by molar-refractivity contribution is 1.33. The van der Waals surface area contributed by atoms with Crippen LogP contribution in [0.4, 0.5) is 5.69 Å². The summed E-state index contributed by atoms with van der Waals surface area (Å²) in [5, 5.41) is 3.84. The van der Waals surface area contributed by atoms with Gasteiger partial charge in [0.1, 0.15) is 0 Å². The van der Waals surface area contributed by atoms with E-state index in [-0.39, 0.29) is 0 Å². The van der Waals surface area contributed by atoms with Crippen LogP contribution in [-0.4, -0.2) is 6.54 Å². The van der Waals surface area contributed by atoms with Crippen LogP contribution >= 0.6 is 43.5 Å². The highest BCUT2D eigenvalue weighted by Gasteiger charge is 1.99. The Morgan fingerprint density at radius 3 is 2.77 bits per heavy atom. The molecule has 13 heavy (non-hydrogen) atoms. The fourth-order valence-electron chi connectivity index (χ4n) is 0.824. The van der Waals surface area contributed by atoms with E-state index in [1.165, 1.54) is 0 Å². The lowest BCUT2D eigenvalue weighted by Crippen LogP contribution is -2.00. The highest BCUT2D eigenvalue weighted by molar-refractivity contribution is 9.11. The van der Waals surface area contributed by atoms with Gasteiger partial charge in [-0.2, -0.15) is 0 Å². The molecule has 1 rings (SSSR count). The van der Waals surface area contributed by atoms with Gasteiger partial charge in [0.15, 0.2) is 0 Å². The molecule has 0 unspecified atom stereocenters. The standard InChI is InChI=1S/C9H8Br2ClN/c1-6(10)5-13-9-3-2-7(11)4-8(9)12/h2-4,13H,1,5H2. The van der Waals surface area contributed by atoms with Gasteiger partial charge in [-0.05, 0) is 18.2 Å². The smallest absolute Gasteiger partial charge is 0.0648 e. The van der Waals surface area contributed by atoms with Crippen LogP contribution in [0.1, 0.15) is 0 Å². The van der Waals surface area contributed by atoms with E-state index in [0.29, 0.717) is 11.6 Å². The van der Waals surface area contributed by atoms with Crippen LogP contribution in [0.2, 0.25) is 5.02 Å². The molecule has 1 aromatic rings. The van der Waals surface area contributed by atoms with Crippen LogP contribution in [-0.2, 0) is 0 Å². The van der Waals surface area contributed by atoms with E-state index in [1.807, 2.05) is 18.2 Å². The second kappa shape index (κ2) is 5.03. The van der Waals surface area contributed by atoms with Crippen LogP contribution in [0.5, 0.6) is 0 Å². The zero-order chi connectivity index (χ0) is 9.84. The summed E-state index contributed by atoms with van der Waals surface area (Å²) in [6, 6.07) is 5.70. The van der Waals surface area contributed by atoms with Crippen molar-refractivity contribution in [3.63, 3.8) is 0 Å². The fraction of sp³-hybridized carbons (Fsp3) is 0.111. The van der Waals surface area contributed by atoms with Crippen molar-refractivity contribution in [2.75, 3.05) is 11.9 Å². The predicted octanol–water partition coefficient (Wildman–Crippen LogP) is 4.42. The van der Waals surface area contributed by atoms with E-state index in [1.54, 1.807) is 0 Å². The van der Waals surface area contributed by atoms with E-state index >= 15 is 0 Å². The molecule has 0 aliphatic rings. The Morgan fingerprint density at radius 2 is 2.23 bits per heavy atom. The highest BCUT2D eigenvalue weighted by Crippen LogP contribution is 2.25. The molecule has 0 atom stereocenters. The van der Waals surface area contributed by atoms with Crippen molar-refractivity contribution < 1.29 is 0 Å². The van der Waals surface area contributed by atoms with Crippen LogP contribution < -0.4 is 5.32 Å². The topological polar surface area (TPSA) is 12.0 Å². The molecule has 70 valence electrons. The van der Waals surface area contributed by atoms with Gasteiger partial charge in [0.05, 0.1) is 10.7 Å². The van der Waals surface area contributed by atoms with Crippen molar-refractivity contribution in [1.29, 1.82) is 0 Å². The summed E-state index contributed by atoms with van der Waals surface area (Å²) < 4.78 is 1.87. The van der Waals surface area contributed by atoms with Crippen LogP contribution in [0.15, 0.2) is 33.7 Å². The first-order valence-electron chi connectivity index (χ1n) is 3.62. The first-order chi connectivity index (χ1) is 6.09. The number of nitrogens with one attached hydrogen (secondary N) is 1. The average Bonchev–Trinajstić information content (AvgIpc) is 2.02. The zero-order valence-electron chi connectivity index (χ0n) is 6.78. The summed E-state index contributed by atoms with van der Waals surface area (Å²) >= 11 is 12.6. The molecule has 0 amide bonds. The molecule has 0 aliphatic heterocycles. The minimum absolute atomic E-state index is 0.668. The summed E-state index contributed by atoms with van der Waals surface area (Å²) in [6.07, 6.45) is 0. The summed E-state index contributed by atoms with van der Waals surface area (Å²) in [5.41, 5.74) is 0.908. The van der Waals surface area contributed by atoms with Gasteiger partial charge in [-0.15, -0.1) is 0 Å². The molecule has 0 saturated carbocycles. The van der Waals surface area contributed by atoms with Gasteiger partial charge < -0.3 is 5.32 Å². The van der Waals surface area contributed by atoms with E-state index in [2.05, 4.69) is 43.8 Å². The van der Waals surface area contributed by atoms with Crippen LogP contribution in [0.25, 0.3) is 0 Å². The lowest BCUT2D eigenvalue weighted by atomic mass is 10.3. The summed E-state index contributed by atoms with van der Waals surface area (Å²) in [4.78, 5) is 0. The Balaban J connectivity index is 2.72. The maximum atomic E-state index is 5.98. The molecule has 0 aliphatic carbocycles. The van der Waals surface area contributed by atoms with Crippen LogP contribution in [0.3, 0.4) is 0 Å². The molecule has 0 aromatic heterocycles. The number of halogens is 3. The van der Waals surface area contributed by atoms with Gasteiger partial charge in [0.25, 0.3) is 0 Å². The molecule has 1 nitrogen and oxygen atoms in total. The third-order valence-corrected chi connectivity index (χ3v) is 2.49. The largest absolute Gasteiger partial charge is 0.379 e. The van der Waals surface area contributed by atoms with E-state index in [9.17, 15) is 0 Å². The van der Waals surface area contributed by atoms with Gasteiger partial charge >= 0.3 is 0 Å². The third-order valence-electron chi connectivity index (χ3n) is 1.40. The van der Waals surface area contributed by atoms with Gasteiger partial charge in [-0.25, -0.2) is 0 Å². The van der Waals surface area contributed by atoms with Crippen molar-refractivity contribution in [1.82, 2.24) is 0 Å². The molecular weight excluding hydrogens is 317 g/mol. The average molecular weight is 325 g/mol. The van der Waals surface area contributed by atoms with E-state index in [4.69, 9.17) is 11.6 Å². The second-order valence-electron chi connectivity index (χ2n) is 2.49. The minimum Gasteiger partial charge on any atom is -0.379 e. The van der Waals surface area contributed by atoms with Gasteiger partial charge in [-0.3, -0.25) is 0 Å². The Bertz CT molecular complexity index is 325. The maximum absolute atomic E-state index is 5.98. The first kappa shape index (κ1) is 11.1. The highest BCUT2D eigenvalue weighted by atomic mass is 79.9. The molecule has 0 fully saturated rings. The number of rotatable bonds is 3. The normalized spacial score (nSPS) is 9.77. The third kappa shape index (κ3) is 3.71. The molecule has 0 radical (unpaired) electrons. The van der Waals surface area contributed by atoms with Crippen molar-refractivity contribution >= 4 is 49.1 Å². The number of hydrogen-bond donors (Lipinski definition) is 1. The van der Waals surface area contributed by atoms with Gasteiger partial charge in [0, 0.05) is 15.5 Å². The van der Waals surface area contributed by atoms with Crippen molar-refractivity contribution in [2.45, 2.75) is 0 Å². The molecule has 0 spiro atoms. The number of hydrogen-bond acceptors (Lipinski definition) is 1. The Morgan fingerprint density at radius 1 is 1.54 bits per heavy atom. The summed E-state index contributed by atoms with van der Waals surface area (Å²) in [5.74, 6) is 0. The maximum Gasteiger partial charge on any atom is 0.0648 e. The van der Waals surface area contributed by atoms with Crippen molar-refractivity contribution in [3.05, 3.63) is 38.8 Å². The van der Waals surface area contributed by atoms with Gasteiger partial charge in [0.2, 0.25) is 0 Å². The van der Waals surface area contributed by atoms with E-state index < -0.39 is 0 Å². The van der Waals surface area contributed by atoms with E-state index in [0.717, 1.165) is 14.6 Å². The number of benzene rings is 1. The Labute approximate surface area is 99.4 Å². The first-order valence-corrected chi connectivity index (χ1v) is 5.58. The van der Waals surface area contributed by atoms with Crippen LogP contribution in [0, 0.1) is 0 Å². The van der Waals surface area contributed by atoms with Gasteiger partial charge in [-0.1, -0.05) is 50.0 Å². The predicted molar refractivity (Wildman–Crippen MR) is 65.7 cm³/mol. The molecule has 1 aromatic carbocycles. The molecule has 1 N–H and O–H groups in total. The SMILES string of the molecule is C=C(Br)CNc1ccc(Br)cc1Cl. The summed E-state index contributed by atoms with van der Waals surface area (Å²) in [7, 11) is 0. The molecule has 0 bridgehead atoms.